The minimum Gasteiger partial charge on any atom is -0.495 e. The molecule has 10 heteroatoms. The monoisotopic (exact) mass is 422 g/mol. The molecule has 0 spiro atoms. The molecule has 2 heterocycles. The molecular formula is C19H26N4O5S. The fourth-order valence-electron chi connectivity index (χ4n) is 3.20. The van der Waals surface area contributed by atoms with Gasteiger partial charge in [-0.1, -0.05) is 18.0 Å². The smallest absolute Gasteiger partial charge is 0.244 e. The van der Waals surface area contributed by atoms with Crippen molar-refractivity contribution in [3.63, 3.8) is 0 Å². The van der Waals surface area contributed by atoms with Crippen LogP contribution in [0.15, 0.2) is 33.7 Å². The van der Waals surface area contributed by atoms with E-state index in [1.165, 1.54) is 23.5 Å². The minimum atomic E-state index is -3.60. The van der Waals surface area contributed by atoms with Crippen molar-refractivity contribution in [2.45, 2.75) is 37.5 Å². The fraction of sp³-hybridized carbons (Fsp3) is 0.474. The highest BCUT2D eigenvalue weighted by molar-refractivity contribution is 7.89. The van der Waals surface area contributed by atoms with E-state index < -0.39 is 10.0 Å². The van der Waals surface area contributed by atoms with Crippen molar-refractivity contribution in [1.29, 1.82) is 0 Å². The first kappa shape index (κ1) is 21.1. The van der Waals surface area contributed by atoms with E-state index in [1.54, 1.807) is 19.1 Å². The van der Waals surface area contributed by atoms with Gasteiger partial charge < -0.3 is 19.9 Å². The molecule has 0 bridgehead atoms. The average Bonchev–Trinajstić information content (AvgIpc) is 2.94. The lowest BCUT2D eigenvalue weighted by atomic mass is 10.2. The summed E-state index contributed by atoms with van der Waals surface area (Å²) in [4.78, 5) is 12.3. The summed E-state index contributed by atoms with van der Waals surface area (Å²) < 4.78 is 37.8. The van der Waals surface area contributed by atoms with Gasteiger partial charge in [0.1, 0.15) is 11.5 Å². The van der Waals surface area contributed by atoms with Crippen molar-refractivity contribution in [2.24, 2.45) is 0 Å². The number of anilines is 2. The van der Waals surface area contributed by atoms with Gasteiger partial charge in [-0.2, -0.15) is 4.31 Å². The molecule has 1 aliphatic heterocycles. The van der Waals surface area contributed by atoms with Crippen molar-refractivity contribution in [1.82, 2.24) is 9.46 Å². The van der Waals surface area contributed by atoms with E-state index in [4.69, 9.17) is 9.26 Å². The second kappa shape index (κ2) is 9.27. The number of hydrogen-bond donors (Lipinski definition) is 2. The molecule has 3 rings (SSSR count). The Bertz CT molecular complexity index is 949. The highest BCUT2D eigenvalue weighted by atomic mass is 32.2. The Labute approximate surface area is 170 Å². The number of methoxy groups -OCH3 is 1. The van der Waals surface area contributed by atoms with Crippen LogP contribution in [0.4, 0.5) is 11.5 Å². The van der Waals surface area contributed by atoms with Gasteiger partial charge in [0.15, 0.2) is 5.82 Å². The highest BCUT2D eigenvalue weighted by Crippen LogP contribution is 2.29. The minimum absolute atomic E-state index is 0.0878. The lowest BCUT2D eigenvalue weighted by Gasteiger charge is -2.21. The highest BCUT2D eigenvalue weighted by Gasteiger charge is 2.26. The summed E-state index contributed by atoms with van der Waals surface area (Å²) in [6.07, 6.45) is 3.81. The second-order valence-corrected chi connectivity index (χ2v) is 8.84. The van der Waals surface area contributed by atoms with Gasteiger partial charge >= 0.3 is 0 Å². The Morgan fingerprint density at radius 1 is 1.21 bits per heavy atom. The summed E-state index contributed by atoms with van der Waals surface area (Å²) >= 11 is 0. The van der Waals surface area contributed by atoms with Gasteiger partial charge in [0.25, 0.3) is 0 Å². The average molecular weight is 423 g/mol. The standard InChI is InChI=1S/C19H26N4O5S/c1-14-11-18(22-28-14)21-19(24)13-20-16-12-15(7-8-17(16)27-2)29(25,26)23-9-5-3-4-6-10-23/h7-8,11-12,20H,3-6,9-10,13H2,1-2H3,(H,21,22,24). The summed E-state index contributed by atoms with van der Waals surface area (Å²) in [5.41, 5.74) is 0.426. The van der Waals surface area contributed by atoms with Crippen molar-refractivity contribution >= 4 is 27.4 Å². The quantitative estimate of drug-likeness (QED) is 0.705. The van der Waals surface area contributed by atoms with Gasteiger partial charge in [0, 0.05) is 19.2 Å². The molecule has 9 nitrogen and oxygen atoms in total. The van der Waals surface area contributed by atoms with E-state index >= 15 is 0 Å². The van der Waals surface area contributed by atoms with E-state index in [0.717, 1.165) is 25.7 Å². The number of nitrogens with zero attached hydrogens (tertiary/aromatic N) is 2. The van der Waals surface area contributed by atoms with Gasteiger partial charge in [0.2, 0.25) is 15.9 Å². The van der Waals surface area contributed by atoms with E-state index in [2.05, 4.69) is 15.8 Å². The summed E-state index contributed by atoms with van der Waals surface area (Å²) in [6, 6.07) is 6.23. The van der Waals surface area contributed by atoms with Crippen molar-refractivity contribution in [3.05, 3.63) is 30.0 Å². The number of hydrogen-bond acceptors (Lipinski definition) is 7. The van der Waals surface area contributed by atoms with Crippen molar-refractivity contribution < 1.29 is 22.5 Å². The number of nitrogens with one attached hydrogen (secondary N) is 2. The van der Waals surface area contributed by atoms with Gasteiger partial charge in [-0.15, -0.1) is 0 Å². The van der Waals surface area contributed by atoms with Crippen molar-refractivity contribution in [3.8, 4) is 5.75 Å². The molecule has 29 heavy (non-hydrogen) atoms. The Hall–Kier alpha value is -2.59. The zero-order valence-corrected chi connectivity index (χ0v) is 17.4. The number of aromatic nitrogens is 1. The maximum absolute atomic E-state index is 13.0. The maximum Gasteiger partial charge on any atom is 0.244 e. The number of carbonyl (C=O) groups excluding carboxylic acids is 1. The number of carbonyl (C=O) groups is 1. The summed E-state index contributed by atoms with van der Waals surface area (Å²) in [7, 11) is -2.11. The van der Waals surface area contributed by atoms with Crippen LogP contribution in [0.1, 0.15) is 31.4 Å². The van der Waals surface area contributed by atoms with Crippen LogP contribution in [-0.4, -0.2) is 50.5 Å². The molecule has 1 fully saturated rings. The van der Waals surface area contributed by atoms with Crippen molar-refractivity contribution in [2.75, 3.05) is 37.4 Å². The third-order valence-electron chi connectivity index (χ3n) is 4.71. The zero-order valence-electron chi connectivity index (χ0n) is 16.6. The summed E-state index contributed by atoms with van der Waals surface area (Å²) in [5, 5.41) is 9.25. The van der Waals surface area contributed by atoms with E-state index in [-0.39, 0.29) is 17.3 Å². The van der Waals surface area contributed by atoms with Crippen LogP contribution in [0, 0.1) is 6.92 Å². The molecule has 0 atom stereocenters. The van der Waals surface area contributed by atoms with Crippen LogP contribution in [0.5, 0.6) is 5.75 Å². The molecule has 2 N–H and O–H groups in total. The topological polar surface area (TPSA) is 114 Å². The molecule has 1 aromatic heterocycles. The van der Waals surface area contributed by atoms with E-state index in [9.17, 15) is 13.2 Å². The van der Waals surface area contributed by atoms with Crippen LogP contribution in [-0.2, 0) is 14.8 Å². The number of sulfonamides is 1. The van der Waals surface area contributed by atoms with Crippen LogP contribution in [0.2, 0.25) is 0 Å². The molecule has 0 unspecified atom stereocenters. The molecule has 158 valence electrons. The SMILES string of the molecule is COc1ccc(S(=O)(=O)N2CCCCCC2)cc1NCC(=O)Nc1cc(C)on1. The molecule has 1 aliphatic rings. The van der Waals surface area contributed by atoms with E-state index in [1.807, 2.05) is 0 Å². The predicted octanol–water partition coefficient (Wildman–Crippen LogP) is 2.61. The first-order valence-corrected chi connectivity index (χ1v) is 11.0. The molecule has 0 aliphatic carbocycles. The maximum atomic E-state index is 13.0. The summed E-state index contributed by atoms with van der Waals surface area (Å²) in [5.74, 6) is 1.01. The second-order valence-electron chi connectivity index (χ2n) is 6.90. The Morgan fingerprint density at radius 3 is 2.55 bits per heavy atom. The van der Waals surface area contributed by atoms with E-state index in [0.29, 0.717) is 36.1 Å². The fourth-order valence-corrected chi connectivity index (χ4v) is 4.75. The number of amides is 1. The third-order valence-corrected chi connectivity index (χ3v) is 6.60. The van der Waals surface area contributed by atoms with Gasteiger partial charge in [-0.3, -0.25) is 4.79 Å². The zero-order chi connectivity index (χ0) is 20.9. The molecule has 1 amide bonds. The predicted molar refractivity (Wildman–Crippen MR) is 109 cm³/mol. The Morgan fingerprint density at radius 2 is 1.93 bits per heavy atom. The van der Waals surface area contributed by atoms with Crippen LogP contribution < -0.4 is 15.4 Å². The molecular weight excluding hydrogens is 396 g/mol. The molecule has 0 saturated carbocycles. The molecule has 1 aromatic carbocycles. The Kier molecular flexibility index (Phi) is 6.75. The number of benzene rings is 1. The summed E-state index contributed by atoms with van der Waals surface area (Å²) in [6.45, 7) is 2.69. The number of rotatable bonds is 7. The first-order valence-electron chi connectivity index (χ1n) is 9.55. The van der Waals surface area contributed by atoms with Gasteiger partial charge in [-0.25, -0.2) is 8.42 Å². The third kappa shape index (κ3) is 5.27. The Balaban J connectivity index is 1.73. The normalized spacial score (nSPS) is 15.5. The lowest BCUT2D eigenvalue weighted by Crippen LogP contribution is -2.32. The van der Waals surface area contributed by atoms with Crippen LogP contribution in [0.25, 0.3) is 0 Å². The largest absolute Gasteiger partial charge is 0.495 e. The van der Waals surface area contributed by atoms with Gasteiger partial charge in [0.05, 0.1) is 24.2 Å². The first-order chi connectivity index (χ1) is 13.9. The van der Waals surface area contributed by atoms with Crippen LogP contribution in [0.3, 0.4) is 0 Å². The molecule has 0 radical (unpaired) electrons. The van der Waals surface area contributed by atoms with Gasteiger partial charge in [-0.05, 0) is 38.0 Å². The van der Waals surface area contributed by atoms with Crippen LogP contribution >= 0.6 is 0 Å². The lowest BCUT2D eigenvalue weighted by molar-refractivity contribution is -0.114. The number of aryl methyl sites for hydroxylation is 1. The number of ether oxygens (including phenoxy) is 1. The molecule has 2 aromatic rings. The molecule has 1 saturated heterocycles.